The Bertz CT molecular complexity index is 856. The molecule has 1 atom stereocenters. The van der Waals surface area contributed by atoms with Crippen molar-refractivity contribution in [2.75, 3.05) is 17.2 Å². The molecule has 0 fully saturated rings. The fourth-order valence-electron chi connectivity index (χ4n) is 3.04. The van der Waals surface area contributed by atoms with E-state index in [9.17, 15) is 9.59 Å². The third-order valence-corrected chi connectivity index (χ3v) is 5.70. The Balaban J connectivity index is 1.86. The van der Waals surface area contributed by atoms with Crippen LogP contribution < -0.4 is 10.5 Å². The number of thioether (sulfide) groups is 1. The van der Waals surface area contributed by atoms with Crippen molar-refractivity contribution in [2.45, 2.75) is 44.8 Å². The Hall–Kier alpha value is -2.08. The molecule has 0 N–H and O–H groups in total. The molecule has 2 heterocycles. The van der Waals surface area contributed by atoms with E-state index < -0.39 is 0 Å². The van der Waals surface area contributed by atoms with E-state index in [2.05, 4.69) is 4.98 Å². The van der Waals surface area contributed by atoms with Crippen LogP contribution in [0.2, 0.25) is 0 Å². The van der Waals surface area contributed by atoms with Gasteiger partial charge in [0, 0.05) is 36.0 Å². The van der Waals surface area contributed by atoms with Crippen molar-refractivity contribution in [3.8, 4) is 0 Å². The zero-order valence-electron chi connectivity index (χ0n) is 15.7. The van der Waals surface area contributed by atoms with E-state index in [1.54, 1.807) is 15.5 Å². The summed E-state index contributed by atoms with van der Waals surface area (Å²) in [7, 11) is 0. The Kier molecular flexibility index (Phi) is 5.23. The second-order valence-electron chi connectivity index (χ2n) is 7.55. The van der Waals surface area contributed by atoms with Gasteiger partial charge in [0.2, 0.25) is 5.91 Å². The Morgan fingerprint density at radius 2 is 2.00 bits per heavy atom. The Labute approximate surface area is 158 Å². The number of aromatic nitrogens is 2. The number of amides is 1. The van der Waals surface area contributed by atoms with Crippen molar-refractivity contribution < 1.29 is 4.79 Å². The minimum absolute atomic E-state index is 0.0589. The molecule has 5 nitrogen and oxygen atoms in total. The van der Waals surface area contributed by atoms with Gasteiger partial charge in [0.15, 0.2) is 5.16 Å². The van der Waals surface area contributed by atoms with Gasteiger partial charge in [-0.2, -0.15) is 0 Å². The lowest BCUT2D eigenvalue weighted by atomic mass is 9.92. The van der Waals surface area contributed by atoms with Crippen molar-refractivity contribution in [3.63, 3.8) is 0 Å². The van der Waals surface area contributed by atoms with Crippen molar-refractivity contribution in [1.82, 2.24) is 9.55 Å². The summed E-state index contributed by atoms with van der Waals surface area (Å²) in [6.07, 6.45) is 0. The first kappa shape index (κ1) is 18.7. The third kappa shape index (κ3) is 3.70. The fourth-order valence-corrected chi connectivity index (χ4v) is 4.12. The highest BCUT2D eigenvalue weighted by molar-refractivity contribution is 7.99. The van der Waals surface area contributed by atoms with E-state index in [1.807, 2.05) is 58.0 Å². The first-order valence-corrected chi connectivity index (χ1v) is 9.91. The molecule has 1 amide bonds. The number of nitrogens with zero attached hydrogens (tertiary/aromatic N) is 3. The normalized spacial score (nSPS) is 16.8. The van der Waals surface area contributed by atoms with E-state index in [4.69, 9.17) is 0 Å². The van der Waals surface area contributed by atoms with Gasteiger partial charge < -0.3 is 4.90 Å². The van der Waals surface area contributed by atoms with E-state index in [0.717, 1.165) is 11.4 Å². The molecule has 0 bridgehead atoms. The molecule has 0 saturated heterocycles. The number of carbonyl (C=O) groups is 1. The van der Waals surface area contributed by atoms with Crippen LogP contribution in [0.15, 0.2) is 46.3 Å². The lowest BCUT2D eigenvalue weighted by Gasteiger charge is -2.30. The number of benzene rings is 1. The largest absolute Gasteiger partial charge is 0.312 e. The molecule has 0 radical (unpaired) electrons. The van der Waals surface area contributed by atoms with E-state index in [-0.39, 0.29) is 22.8 Å². The summed E-state index contributed by atoms with van der Waals surface area (Å²) in [6, 6.07) is 11.3. The SMILES string of the molecule is CCN(C(=O)C1CSc2nc(C(C)(C)C)cc(=O)n2C1)c1ccccc1. The Morgan fingerprint density at radius 3 is 2.62 bits per heavy atom. The van der Waals surface area contributed by atoms with Gasteiger partial charge in [0.05, 0.1) is 11.6 Å². The van der Waals surface area contributed by atoms with Gasteiger partial charge in [-0.3, -0.25) is 14.2 Å². The first-order chi connectivity index (χ1) is 12.3. The summed E-state index contributed by atoms with van der Waals surface area (Å²) in [5.74, 6) is 0.471. The summed E-state index contributed by atoms with van der Waals surface area (Å²) >= 11 is 1.50. The molecule has 1 aromatic heterocycles. The lowest BCUT2D eigenvalue weighted by molar-refractivity contribution is -0.122. The minimum Gasteiger partial charge on any atom is -0.312 e. The van der Waals surface area contributed by atoms with Crippen molar-refractivity contribution in [1.29, 1.82) is 0 Å². The number of carbonyl (C=O) groups excluding carboxylic acids is 1. The number of anilines is 1. The standard InChI is InChI=1S/C20H25N3O2S/c1-5-22(15-9-7-6-8-10-15)18(25)14-12-23-17(24)11-16(20(2,3)4)21-19(23)26-13-14/h6-11,14H,5,12-13H2,1-4H3. The summed E-state index contributed by atoms with van der Waals surface area (Å²) in [5.41, 5.74) is 1.44. The topological polar surface area (TPSA) is 55.2 Å². The quantitative estimate of drug-likeness (QED) is 0.777. The van der Waals surface area contributed by atoms with Gasteiger partial charge in [-0.1, -0.05) is 50.7 Å². The zero-order valence-corrected chi connectivity index (χ0v) is 16.5. The molecule has 26 heavy (non-hydrogen) atoms. The van der Waals surface area contributed by atoms with E-state index >= 15 is 0 Å². The molecule has 0 spiro atoms. The van der Waals surface area contributed by atoms with Gasteiger partial charge in [0.25, 0.3) is 5.56 Å². The highest BCUT2D eigenvalue weighted by Crippen LogP contribution is 2.29. The number of hydrogen-bond donors (Lipinski definition) is 0. The molecule has 1 unspecified atom stereocenters. The molecular formula is C20H25N3O2S. The van der Waals surface area contributed by atoms with Gasteiger partial charge in [-0.05, 0) is 19.1 Å². The average Bonchev–Trinajstić information content (AvgIpc) is 2.62. The molecule has 0 aliphatic carbocycles. The van der Waals surface area contributed by atoms with Gasteiger partial charge in [-0.25, -0.2) is 4.98 Å². The molecular weight excluding hydrogens is 346 g/mol. The minimum atomic E-state index is -0.229. The second-order valence-corrected chi connectivity index (χ2v) is 8.54. The van der Waals surface area contributed by atoms with Crippen LogP contribution in [0.5, 0.6) is 0 Å². The smallest absolute Gasteiger partial charge is 0.254 e. The maximum Gasteiger partial charge on any atom is 0.254 e. The van der Waals surface area contributed by atoms with Crippen molar-refractivity contribution >= 4 is 23.4 Å². The average molecular weight is 372 g/mol. The van der Waals surface area contributed by atoms with Gasteiger partial charge in [-0.15, -0.1) is 0 Å². The van der Waals surface area contributed by atoms with Crippen LogP contribution in [-0.4, -0.2) is 27.8 Å². The van der Waals surface area contributed by atoms with Crippen LogP contribution >= 0.6 is 11.8 Å². The molecule has 1 aliphatic rings. The number of fused-ring (bicyclic) bond motifs is 1. The van der Waals surface area contributed by atoms with Crippen LogP contribution in [0.4, 0.5) is 5.69 Å². The van der Waals surface area contributed by atoms with Crippen LogP contribution in [0.25, 0.3) is 0 Å². The van der Waals surface area contributed by atoms with E-state index in [1.165, 1.54) is 11.8 Å². The number of hydrogen-bond acceptors (Lipinski definition) is 4. The molecule has 138 valence electrons. The van der Waals surface area contributed by atoms with Crippen LogP contribution in [-0.2, 0) is 16.8 Å². The zero-order chi connectivity index (χ0) is 18.9. The maximum atomic E-state index is 13.1. The fraction of sp³-hybridized carbons (Fsp3) is 0.450. The molecule has 2 aromatic rings. The van der Waals surface area contributed by atoms with Crippen LogP contribution in [0.3, 0.4) is 0 Å². The molecule has 1 aliphatic heterocycles. The highest BCUT2D eigenvalue weighted by Gasteiger charge is 2.31. The number of rotatable bonds is 3. The summed E-state index contributed by atoms with van der Waals surface area (Å²) in [5, 5.41) is 0.717. The summed E-state index contributed by atoms with van der Waals surface area (Å²) in [4.78, 5) is 32.1. The first-order valence-electron chi connectivity index (χ1n) is 8.93. The molecule has 3 rings (SSSR count). The Morgan fingerprint density at radius 1 is 1.31 bits per heavy atom. The van der Waals surface area contributed by atoms with Crippen LogP contribution in [0.1, 0.15) is 33.4 Å². The van der Waals surface area contributed by atoms with Gasteiger partial charge in [0.1, 0.15) is 0 Å². The monoisotopic (exact) mass is 371 g/mol. The predicted octanol–water partition coefficient (Wildman–Crippen LogP) is 3.32. The summed E-state index contributed by atoms with van der Waals surface area (Å²) < 4.78 is 1.64. The number of para-hydroxylation sites is 1. The van der Waals surface area contributed by atoms with Crippen LogP contribution in [0, 0.1) is 5.92 Å². The highest BCUT2D eigenvalue weighted by atomic mass is 32.2. The van der Waals surface area contributed by atoms with Gasteiger partial charge >= 0.3 is 0 Å². The predicted molar refractivity (Wildman–Crippen MR) is 106 cm³/mol. The molecule has 0 saturated carbocycles. The summed E-state index contributed by atoms with van der Waals surface area (Å²) in [6.45, 7) is 9.10. The third-order valence-electron chi connectivity index (χ3n) is 4.56. The molecule has 6 heteroatoms. The van der Waals surface area contributed by atoms with E-state index in [0.29, 0.717) is 24.0 Å². The second kappa shape index (κ2) is 7.27. The van der Waals surface area contributed by atoms with Crippen molar-refractivity contribution in [2.24, 2.45) is 5.92 Å². The maximum absolute atomic E-state index is 13.1. The van der Waals surface area contributed by atoms with Crippen molar-refractivity contribution in [3.05, 3.63) is 52.4 Å². The lowest BCUT2D eigenvalue weighted by Crippen LogP contribution is -2.42. The molecule has 1 aromatic carbocycles.